The molecular weight excluding hydrogens is 278 g/mol. The van der Waals surface area contributed by atoms with Crippen molar-refractivity contribution in [2.45, 2.75) is 19.9 Å². The third-order valence-electron chi connectivity index (χ3n) is 3.16. The van der Waals surface area contributed by atoms with E-state index < -0.39 is 16.6 Å². The fraction of sp³-hybridized carbons (Fsp3) is 0.200. The van der Waals surface area contributed by atoms with Gasteiger partial charge in [0.05, 0.1) is 4.92 Å². The van der Waals surface area contributed by atoms with Crippen molar-refractivity contribution in [3.05, 3.63) is 69.3 Å². The largest absolute Gasteiger partial charge is 0.379 e. The molecule has 0 heterocycles. The maximum atomic E-state index is 13.2. The molecule has 0 spiro atoms. The Morgan fingerprint density at radius 2 is 1.76 bits per heavy atom. The minimum Gasteiger partial charge on any atom is -0.379 e. The number of hydrogen-bond acceptors (Lipinski definition) is 3. The van der Waals surface area contributed by atoms with Gasteiger partial charge in [-0.3, -0.25) is 10.1 Å². The van der Waals surface area contributed by atoms with Crippen LogP contribution in [0.1, 0.15) is 24.1 Å². The summed E-state index contributed by atoms with van der Waals surface area (Å²) in [6.45, 7) is 3.39. The summed E-state index contributed by atoms with van der Waals surface area (Å²) in [4.78, 5) is 10.3. The van der Waals surface area contributed by atoms with Gasteiger partial charge in [0, 0.05) is 29.4 Å². The van der Waals surface area contributed by atoms with Gasteiger partial charge in [0.15, 0.2) is 0 Å². The molecule has 110 valence electrons. The van der Waals surface area contributed by atoms with Gasteiger partial charge >= 0.3 is 0 Å². The number of aryl methyl sites for hydroxylation is 1. The van der Waals surface area contributed by atoms with Gasteiger partial charge in [-0.15, -0.1) is 0 Å². The SMILES string of the molecule is Cc1cc(NC(C)c2cc(F)cc(F)c2)ccc1[N+](=O)[O-]. The smallest absolute Gasteiger partial charge is 0.272 e. The first-order valence-corrected chi connectivity index (χ1v) is 6.34. The quantitative estimate of drug-likeness (QED) is 0.673. The maximum Gasteiger partial charge on any atom is 0.272 e. The highest BCUT2D eigenvalue weighted by Crippen LogP contribution is 2.25. The lowest BCUT2D eigenvalue weighted by atomic mass is 10.1. The molecule has 2 aromatic rings. The summed E-state index contributed by atoms with van der Waals surface area (Å²) in [5, 5.41) is 13.8. The molecule has 0 amide bonds. The molecule has 21 heavy (non-hydrogen) atoms. The van der Waals surface area contributed by atoms with E-state index in [1.807, 2.05) is 0 Å². The van der Waals surface area contributed by atoms with E-state index in [-0.39, 0.29) is 11.7 Å². The molecular formula is C15H14F2N2O2. The second kappa shape index (κ2) is 5.87. The molecule has 0 bridgehead atoms. The molecule has 0 saturated carbocycles. The zero-order chi connectivity index (χ0) is 15.6. The lowest BCUT2D eigenvalue weighted by Crippen LogP contribution is -2.07. The number of anilines is 1. The minimum atomic E-state index is -0.640. The van der Waals surface area contributed by atoms with Gasteiger partial charge in [-0.1, -0.05) is 0 Å². The van der Waals surface area contributed by atoms with Gasteiger partial charge in [0.2, 0.25) is 0 Å². The number of rotatable bonds is 4. The number of nitro groups is 1. The summed E-state index contributed by atoms with van der Waals surface area (Å²) in [5.74, 6) is -1.28. The van der Waals surface area contributed by atoms with E-state index in [1.54, 1.807) is 26.0 Å². The highest BCUT2D eigenvalue weighted by molar-refractivity contribution is 5.54. The van der Waals surface area contributed by atoms with Crippen LogP contribution in [0.2, 0.25) is 0 Å². The molecule has 4 nitrogen and oxygen atoms in total. The van der Waals surface area contributed by atoms with Crippen molar-refractivity contribution >= 4 is 11.4 Å². The monoisotopic (exact) mass is 292 g/mol. The fourth-order valence-electron chi connectivity index (χ4n) is 2.11. The van der Waals surface area contributed by atoms with Gasteiger partial charge in [-0.25, -0.2) is 8.78 Å². The maximum absolute atomic E-state index is 13.2. The van der Waals surface area contributed by atoms with E-state index in [2.05, 4.69) is 5.32 Å². The summed E-state index contributed by atoms with van der Waals surface area (Å²) >= 11 is 0. The Morgan fingerprint density at radius 3 is 2.29 bits per heavy atom. The minimum absolute atomic E-state index is 0.0324. The fourth-order valence-corrected chi connectivity index (χ4v) is 2.11. The predicted octanol–water partition coefficient (Wildman–Crippen LogP) is 4.35. The molecule has 1 N–H and O–H groups in total. The summed E-state index contributed by atoms with van der Waals surface area (Å²) in [7, 11) is 0. The van der Waals surface area contributed by atoms with Crippen molar-refractivity contribution in [2.75, 3.05) is 5.32 Å². The van der Waals surface area contributed by atoms with Crippen LogP contribution < -0.4 is 5.32 Å². The molecule has 6 heteroatoms. The molecule has 0 aliphatic heterocycles. The number of halogens is 2. The van der Waals surface area contributed by atoms with Crippen LogP contribution in [0, 0.1) is 28.7 Å². The normalized spacial score (nSPS) is 12.0. The Hall–Kier alpha value is -2.50. The average Bonchev–Trinajstić information content (AvgIpc) is 2.37. The Kier molecular flexibility index (Phi) is 4.16. The third-order valence-corrected chi connectivity index (χ3v) is 3.16. The summed E-state index contributed by atoms with van der Waals surface area (Å²) in [6.07, 6.45) is 0. The van der Waals surface area contributed by atoms with Crippen LogP contribution in [0.25, 0.3) is 0 Å². The molecule has 0 saturated heterocycles. The van der Waals surface area contributed by atoms with Crippen molar-refractivity contribution in [2.24, 2.45) is 0 Å². The van der Waals surface area contributed by atoms with E-state index in [4.69, 9.17) is 0 Å². The van der Waals surface area contributed by atoms with Gasteiger partial charge in [0.1, 0.15) is 11.6 Å². The molecule has 0 fully saturated rings. The van der Waals surface area contributed by atoms with Gasteiger partial charge < -0.3 is 5.32 Å². The van der Waals surface area contributed by atoms with Gasteiger partial charge in [-0.2, -0.15) is 0 Å². The van der Waals surface area contributed by atoms with Crippen molar-refractivity contribution < 1.29 is 13.7 Å². The van der Waals surface area contributed by atoms with E-state index in [1.165, 1.54) is 18.2 Å². The van der Waals surface area contributed by atoms with Crippen LogP contribution >= 0.6 is 0 Å². The van der Waals surface area contributed by atoms with Crippen LogP contribution in [-0.4, -0.2) is 4.92 Å². The first-order valence-electron chi connectivity index (χ1n) is 6.34. The van der Waals surface area contributed by atoms with Crippen LogP contribution in [0.3, 0.4) is 0 Å². The number of benzene rings is 2. The molecule has 1 unspecified atom stereocenters. The Labute approximate surface area is 120 Å². The van der Waals surface area contributed by atoms with Crippen LogP contribution in [0.15, 0.2) is 36.4 Å². The number of hydrogen-bond donors (Lipinski definition) is 1. The zero-order valence-electron chi connectivity index (χ0n) is 11.6. The summed E-state index contributed by atoms with van der Waals surface area (Å²) in [5.41, 5.74) is 1.66. The van der Waals surface area contributed by atoms with Gasteiger partial charge in [0.25, 0.3) is 5.69 Å². The standard InChI is InChI=1S/C15H14F2N2O2/c1-9-5-14(3-4-15(9)19(20)21)18-10(2)11-6-12(16)8-13(17)7-11/h3-8,10,18H,1-2H3. The molecule has 2 aromatic carbocycles. The highest BCUT2D eigenvalue weighted by Gasteiger charge is 2.12. The van der Waals surface area contributed by atoms with Crippen LogP contribution in [0.4, 0.5) is 20.2 Å². The van der Waals surface area contributed by atoms with E-state index in [0.717, 1.165) is 6.07 Å². The lowest BCUT2D eigenvalue weighted by Gasteiger charge is -2.16. The van der Waals surface area contributed by atoms with Crippen molar-refractivity contribution in [3.63, 3.8) is 0 Å². The van der Waals surface area contributed by atoms with E-state index in [0.29, 0.717) is 16.8 Å². The van der Waals surface area contributed by atoms with Crippen molar-refractivity contribution in [3.8, 4) is 0 Å². The number of nitro benzene ring substituents is 1. The Balaban J connectivity index is 2.21. The van der Waals surface area contributed by atoms with Crippen LogP contribution in [0.5, 0.6) is 0 Å². The molecule has 0 radical (unpaired) electrons. The molecule has 0 aliphatic carbocycles. The second-order valence-corrected chi connectivity index (χ2v) is 4.83. The number of nitrogens with one attached hydrogen (secondary N) is 1. The van der Waals surface area contributed by atoms with Crippen LogP contribution in [-0.2, 0) is 0 Å². The summed E-state index contributed by atoms with van der Waals surface area (Å²) in [6, 6.07) is 7.57. The average molecular weight is 292 g/mol. The van der Waals surface area contributed by atoms with Crippen molar-refractivity contribution in [1.82, 2.24) is 0 Å². The predicted molar refractivity (Wildman–Crippen MR) is 76.2 cm³/mol. The molecule has 0 aliphatic rings. The van der Waals surface area contributed by atoms with Crippen molar-refractivity contribution in [1.29, 1.82) is 0 Å². The third kappa shape index (κ3) is 3.53. The highest BCUT2D eigenvalue weighted by atomic mass is 19.1. The molecule has 2 rings (SSSR count). The lowest BCUT2D eigenvalue weighted by molar-refractivity contribution is -0.385. The van der Waals surface area contributed by atoms with E-state index >= 15 is 0 Å². The van der Waals surface area contributed by atoms with Gasteiger partial charge in [-0.05, 0) is 43.7 Å². The zero-order valence-corrected chi connectivity index (χ0v) is 11.6. The number of nitrogens with zero attached hydrogens (tertiary/aromatic N) is 1. The topological polar surface area (TPSA) is 55.2 Å². The summed E-state index contributed by atoms with van der Waals surface area (Å²) < 4.78 is 26.4. The first-order chi connectivity index (χ1) is 9.86. The molecule has 1 atom stereocenters. The second-order valence-electron chi connectivity index (χ2n) is 4.83. The Bertz CT molecular complexity index is 669. The molecule has 0 aromatic heterocycles. The van der Waals surface area contributed by atoms with E-state index in [9.17, 15) is 18.9 Å². The first kappa shape index (κ1) is 14.9. The Morgan fingerprint density at radius 1 is 1.14 bits per heavy atom.